The summed E-state index contributed by atoms with van der Waals surface area (Å²) >= 11 is -0.143. The van der Waals surface area contributed by atoms with Gasteiger partial charge >= 0.3 is 5.51 Å². The van der Waals surface area contributed by atoms with Gasteiger partial charge in [0.05, 0.1) is 12.6 Å². The number of nitrogens with one attached hydrogen (secondary N) is 2. The number of alkyl halides is 3. The predicted octanol–water partition coefficient (Wildman–Crippen LogP) is 0.469. The minimum absolute atomic E-state index is 0.0832. The summed E-state index contributed by atoms with van der Waals surface area (Å²) in [6.07, 6.45) is 0. The van der Waals surface area contributed by atoms with Crippen LogP contribution < -0.4 is 10.6 Å². The van der Waals surface area contributed by atoms with Crippen LogP contribution in [0.25, 0.3) is 0 Å². The van der Waals surface area contributed by atoms with E-state index in [1.54, 1.807) is 6.07 Å². The van der Waals surface area contributed by atoms with E-state index in [0.717, 1.165) is 0 Å². The maximum atomic E-state index is 11.6. The van der Waals surface area contributed by atoms with Crippen LogP contribution in [-0.4, -0.2) is 36.8 Å². The molecule has 86 valence electrons. The second-order valence-electron chi connectivity index (χ2n) is 2.41. The summed E-state index contributed by atoms with van der Waals surface area (Å²) in [5.41, 5.74) is -4.23. The van der Waals surface area contributed by atoms with Crippen LogP contribution in [0.5, 0.6) is 0 Å². The lowest BCUT2D eigenvalue weighted by Gasteiger charge is -2.06. The number of carbonyl (C=O) groups is 1. The fourth-order valence-corrected chi connectivity index (χ4v) is 1.12. The Kier molecular flexibility index (Phi) is 6.90. The molecule has 15 heavy (non-hydrogen) atoms. The highest BCUT2D eigenvalue weighted by atomic mass is 32.2. The molecule has 0 fully saturated rings. The molecule has 0 spiro atoms. The molecule has 0 aliphatic carbocycles. The smallest absolute Gasteiger partial charge is 0.342 e. The predicted molar refractivity (Wildman–Crippen MR) is 50.0 cm³/mol. The van der Waals surface area contributed by atoms with Gasteiger partial charge in [0.15, 0.2) is 0 Å². The first-order valence-electron chi connectivity index (χ1n) is 4.01. The summed E-state index contributed by atoms with van der Waals surface area (Å²) in [6, 6.07) is 1.71. The third kappa shape index (κ3) is 11.0. The number of nitrogens with zero attached hydrogens (tertiary/aromatic N) is 1. The number of rotatable bonds is 6. The topological polar surface area (TPSA) is 64.9 Å². The second kappa shape index (κ2) is 7.36. The Hall–Kier alpha value is -0.940. The number of hydrogen-bond donors (Lipinski definition) is 2. The van der Waals surface area contributed by atoms with Gasteiger partial charge in [-0.1, -0.05) is 0 Å². The largest absolute Gasteiger partial charge is 0.441 e. The van der Waals surface area contributed by atoms with Crippen molar-refractivity contribution in [3.63, 3.8) is 0 Å². The highest BCUT2D eigenvalue weighted by molar-refractivity contribution is 8.00. The van der Waals surface area contributed by atoms with E-state index in [9.17, 15) is 18.0 Å². The van der Waals surface area contributed by atoms with Crippen LogP contribution in [0.3, 0.4) is 0 Å². The molecule has 0 aromatic rings. The SMILES string of the molecule is N#CCNC(=O)CNCCSC(F)(F)F. The first-order chi connectivity index (χ1) is 6.95. The van der Waals surface area contributed by atoms with Gasteiger partial charge in [-0.05, 0) is 11.8 Å². The summed E-state index contributed by atoms with van der Waals surface area (Å²) in [4.78, 5) is 10.8. The fraction of sp³-hybridized carbons (Fsp3) is 0.714. The number of nitriles is 1. The molecule has 0 aromatic heterocycles. The monoisotopic (exact) mass is 241 g/mol. The van der Waals surface area contributed by atoms with Crippen molar-refractivity contribution in [2.45, 2.75) is 5.51 Å². The second-order valence-corrected chi connectivity index (χ2v) is 3.57. The molecule has 0 heterocycles. The normalized spacial score (nSPS) is 10.8. The van der Waals surface area contributed by atoms with Gasteiger partial charge in [-0.15, -0.1) is 0 Å². The Balaban J connectivity index is 3.32. The van der Waals surface area contributed by atoms with Crippen molar-refractivity contribution in [3.05, 3.63) is 0 Å². The molecule has 0 aliphatic heterocycles. The van der Waals surface area contributed by atoms with Gasteiger partial charge in [0.1, 0.15) is 6.54 Å². The lowest BCUT2D eigenvalue weighted by atomic mass is 10.5. The van der Waals surface area contributed by atoms with E-state index in [0.29, 0.717) is 0 Å². The van der Waals surface area contributed by atoms with Gasteiger partial charge in [0.25, 0.3) is 0 Å². The quantitative estimate of drug-likeness (QED) is 0.524. The highest BCUT2D eigenvalue weighted by Gasteiger charge is 2.27. The standard InChI is InChI=1S/C7H10F3N3OS/c8-7(9,10)15-4-3-12-5-6(14)13-2-1-11/h12H,2-5H2,(H,13,14). The molecule has 0 aliphatic rings. The summed E-state index contributed by atoms with van der Waals surface area (Å²) < 4.78 is 34.9. The van der Waals surface area contributed by atoms with E-state index < -0.39 is 11.4 Å². The lowest BCUT2D eigenvalue weighted by Crippen LogP contribution is -2.35. The molecule has 0 unspecified atom stereocenters. The molecule has 0 bridgehead atoms. The molecule has 0 saturated heterocycles. The van der Waals surface area contributed by atoms with E-state index in [2.05, 4.69) is 10.6 Å². The molecule has 2 N–H and O–H groups in total. The first-order valence-corrected chi connectivity index (χ1v) is 4.99. The average Bonchev–Trinajstić information content (AvgIpc) is 2.12. The zero-order chi connectivity index (χ0) is 11.7. The van der Waals surface area contributed by atoms with Gasteiger partial charge in [0, 0.05) is 12.3 Å². The van der Waals surface area contributed by atoms with Crippen LogP contribution in [0.2, 0.25) is 0 Å². The Morgan fingerprint density at radius 2 is 2.13 bits per heavy atom. The van der Waals surface area contributed by atoms with E-state index in [1.165, 1.54) is 0 Å². The molecule has 0 atom stereocenters. The number of thioether (sulfide) groups is 1. The Morgan fingerprint density at radius 3 is 2.67 bits per heavy atom. The van der Waals surface area contributed by atoms with Crippen molar-refractivity contribution < 1.29 is 18.0 Å². The van der Waals surface area contributed by atoms with Crippen molar-refractivity contribution in [2.24, 2.45) is 0 Å². The maximum Gasteiger partial charge on any atom is 0.441 e. The molecule has 8 heteroatoms. The van der Waals surface area contributed by atoms with Crippen LogP contribution in [-0.2, 0) is 4.79 Å². The number of hydrogen-bond acceptors (Lipinski definition) is 4. The van der Waals surface area contributed by atoms with E-state index in [-0.39, 0.29) is 37.1 Å². The zero-order valence-corrected chi connectivity index (χ0v) is 8.54. The summed E-state index contributed by atoms with van der Waals surface area (Å²) in [5, 5.41) is 12.9. The number of halogens is 3. The molecule has 0 radical (unpaired) electrons. The minimum Gasteiger partial charge on any atom is -0.342 e. The third-order valence-electron chi connectivity index (χ3n) is 1.19. The van der Waals surface area contributed by atoms with Crippen molar-refractivity contribution >= 4 is 17.7 Å². The highest BCUT2D eigenvalue weighted by Crippen LogP contribution is 2.29. The molecular formula is C7H10F3N3OS. The van der Waals surface area contributed by atoms with Crippen molar-refractivity contribution in [3.8, 4) is 6.07 Å². The van der Waals surface area contributed by atoms with Crippen LogP contribution in [0, 0.1) is 11.3 Å². The van der Waals surface area contributed by atoms with Crippen molar-refractivity contribution in [2.75, 3.05) is 25.4 Å². The van der Waals surface area contributed by atoms with E-state index in [1.807, 2.05) is 0 Å². The fourth-order valence-electron chi connectivity index (χ4n) is 0.641. The zero-order valence-electron chi connectivity index (χ0n) is 7.73. The minimum atomic E-state index is -4.23. The average molecular weight is 241 g/mol. The van der Waals surface area contributed by atoms with Gasteiger partial charge in [0.2, 0.25) is 5.91 Å². The van der Waals surface area contributed by atoms with E-state index >= 15 is 0 Å². The number of carbonyl (C=O) groups excluding carboxylic acids is 1. The van der Waals surface area contributed by atoms with Crippen LogP contribution in [0.15, 0.2) is 0 Å². The van der Waals surface area contributed by atoms with Crippen LogP contribution >= 0.6 is 11.8 Å². The molecule has 4 nitrogen and oxygen atoms in total. The Morgan fingerprint density at radius 1 is 1.47 bits per heavy atom. The molecule has 0 aromatic carbocycles. The van der Waals surface area contributed by atoms with Crippen LogP contribution in [0.1, 0.15) is 0 Å². The molecule has 1 amide bonds. The van der Waals surface area contributed by atoms with Gasteiger partial charge in [-0.25, -0.2) is 0 Å². The summed E-state index contributed by atoms with van der Waals surface area (Å²) in [7, 11) is 0. The third-order valence-corrected chi connectivity index (χ3v) is 1.93. The number of amides is 1. The van der Waals surface area contributed by atoms with Crippen molar-refractivity contribution in [1.82, 2.24) is 10.6 Å². The molecule has 0 rings (SSSR count). The maximum absolute atomic E-state index is 11.6. The molecule has 0 saturated carbocycles. The van der Waals surface area contributed by atoms with Gasteiger partial charge in [-0.3, -0.25) is 4.79 Å². The summed E-state index contributed by atoms with van der Waals surface area (Å²) in [6.45, 7) is -0.0952. The first kappa shape index (κ1) is 14.1. The van der Waals surface area contributed by atoms with Crippen LogP contribution in [0.4, 0.5) is 13.2 Å². The van der Waals surface area contributed by atoms with Crippen molar-refractivity contribution in [1.29, 1.82) is 5.26 Å². The van der Waals surface area contributed by atoms with Gasteiger partial charge in [-0.2, -0.15) is 18.4 Å². The van der Waals surface area contributed by atoms with Gasteiger partial charge < -0.3 is 10.6 Å². The molecular weight excluding hydrogens is 231 g/mol. The Labute approximate surface area is 89.2 Å². The summed E-state index contributed by atoms with van der Waals surface area (Å²) in [5.74, 6) is -0.553. The van der Waals surface area contributed by atoms with E-state index in [4.69, 9.17) is 5.26 Å². The lowest BCUT2D eigenvalue weighted by molar-refractivity contribution is -0.119. The Bertz CT molecular complexity index is 239.